The van der Waals surface area contributed by atoms with Gasteiger partial charge < -0.3 is 5.32 Å². The van der Waals surface area contributed by atoms with Crippen LogP contribution >= 0.6 is 11.8 Å². The number of thioether (sulfide) groups is 1. The summed E-state index contributed by atoms with van der Waals surface area (Å²) >= 11 is 1.66. The molecule has 1 fully saturated rings. The number of amides is 1. The van der Waals surface area contributed by atoms with Crippen LogP contribution in [0.4, 0.5) is 5.69 Å². The highest BCUT2D eigenvalue weighted by Gasteiger charge is 2.47. The Balaban J connectivity index is 1.94. The van der Waals surface area contributed by atoms with E-state index >= 15 is 0 Å². The molecule has 4 heteroatoms. The Bertz CT molecular complexity index is 537. The molecule has 0 radical (unpaired) electrons. The van der Waals surface area contributed by atoms with Crippen LogP contribution in [0.3, 0.4) is 0 Å². The van der Waals surface area contributed by atoms with Gasteiger partial charge in [0.15, 0.2) is 4.99 Å². The molecular weight excluding hydrogens is 244 g/mol. The van der Waals surface area contributed by atoms with Crippen LogP contribution in [0.2, 0.25) is 0 Å². The summed E-state index contributed by atoms with van der Waals surface area (Å²) in [6.45, 7) is 0.376. The highest BCUT2D eigenvalue weighted by atomic mass is 32.2. The van der Waals surface area contributed by atoms with Crippen molar-refractivity contribution in [2.75, 3.05) is 17.6 Å². The topological polar surface area (TPSA) is 32.3 Å². The third-order valence-corrected chi connectivity index (χ3v) is 4.90. The Labute approximate surface area is 111 Å². The van der Waals surface area contributed by atoms with E-state index < -0.39 is 0 Å². The van der Waals surface area contributed by atoms with Crippen LogP contribution in [0.5, 0.6) is 0 Å². The number of hydrogen-bond donors (Lipinski definition) is 1. The van der Waals surface area contributed by atoms with Crippen molar-refractivity contribution in [2.24, 2.45) is 0 Å². The van der Waals surface area contributed by atoms with Gasteiger partial charge in [-0.1, -0.05) is 24.1 Å². The third kappa shape index (κ3) is 1.67. The molecule has 0 bridgehead atoms. The summed E-state index contributed by atoms with van der Waals surface area (Å²) < 4.78 is 0. The molecule has 92 valence electrons. The van der Waals surface area contributed by atoms with Gasteiger partial charge in [-0.05, 0) is 18.1 Å². The zero-order valence-corrected chi connectivity index (χ0v) is 10.8. The number of rotatable bonds is 1. The third-order valence-electron chi connectivity index (χ3n) is 3.50. The molecule has 0 aliphatic carbocycles. The summed E-state index contributed by atoms with van der Waals surface area (Å²) in [6.07, 6.45) is 7.26. The summed E-state index contributed by atoms with van der Waals surface area (Å²) in [5, 5.41) is 3.51. The van der Waals surface area contributed by atoms with Gasteiger partial charge in [0.05, 0.1) is 12.3 Å². The molecule has 1 amide bonds. The van der Waals surface area contributed by atoms with Crippen LogP contribution in [0.25, 0.3) is 0 Å². The second-order valence-electron chi connectivity index (χ2n) is 4.54. The Morgan fingerprint density at radius 1 is 1.50 bits per heavy atom. The molecule has 1 aromatic rings. The smallest absolute Gasteiger partial charge is 0.236 e. The summed E-state index contributed by atoms with van der Waals surface area (Å²) in [5.74, 6) is 3.23. The fourth-order valence-corrected chi connectivity index (χ4v) is 3.86. The molecule has 1 unspecified atom stereocenters. The molecule has 3 rings (SSSR count). The minimum absolute atomic E-state index is 0.129. The fraction of sp³-hybridized carbons (Fsp3) is 0.357. The number of fused-ring (bicyclic) bond motifs is 1. The molecule has 0 saturated carbocycles. The maximum atomic E-state index is 11.9. The van der Waals surface area contributed by atoms with Crippen LogP contribution < -0.4 is 5.32 Å². The number of aryl methyl sites for hydroxylation is 1. The molecule has 18 heavy (non-hydrogen) atoms. The first kappa shape index (κ1) is 11.5. The van der Waals surface area contributed by atoms with Crippen LogP contribution in [-0.4, -0.2) is 28.1 Å². The Kier molecular flexibility index (Phi) is 2.71. The molecule has 1 atom stereocenters. The lowest BCUT2D eigenvalue weighted by atomic mass is 10.0. The number of carbonyl (C=O) groups excluding carboxylic acids is 1. The molecule has 1 spiro atoms. The summed E-state index contributed by atoms with van der Waals surface area (Å²) in [4.78, 5) is 13.4. The second kappa shape index (κ2) is 4.25. The average Bonchev–Trinajstić information content (AvgIpc) is 2.69. The average molecular weight is 258 g/mol. The zero-order valence-electron chi connectivity index (χ0n) is 9.98. The van der Waals surface area contributed by atoms with Crippen molar-refractivity contribution < 1.29 is 4.79 Å². The maximum Gasteiger partial charge on any atom is 0.236 e. The van der Waals surface area contributed by atoms with Gasteiger partial charge in [0, 0.05) is 12.1 Å². The van der Waals surface area contributed by atoms with Crippen molar-refractivity contribution in [2.45, 2.75) is 17.8 Å². The predicted molar refractivity (Wildman–Crippen MR) is 74.1 cm³/mol. The van der Waals surface area contributed by atoms with Crippen LogP contribution in [0.1, 0.15) is 12.0 Å². The highest BCUT2D eigenvalue weighted by molar-refractivity contribution is 8.01. The molecule has 1 aromatic carbocycles. The van der Waals surface area contributed by atoms with Gasteiger partial charge >= 0.3 is 0 Å². The van der Waals surface area contributed by atoms with Gasteiger partial charge in [0.25, 0.3) is 0 Å². The van der Waals surface area contributed by atoms with Gasteiger partial charge in [0.2, 0.25) is 5.91 Å². The molecule has 1 N–H and O–H groups in total. The lowest BCUT2D eigenvalue weighted by molar-refractivity contribution is -0.129. The monoisotopic (exact) mass is 258 g/mol. The maximum absolute atomic E-state index is 11.9. The van der Waals surface area contributed by atoms with E-state index in [1.54, 1.807) is 16.7 Å². The van der Waals surface area contributed by atoms with Gasteiger partial charge in [-0.2, -0.15) is 0 Å². The Hall–Kier alpha value is -1.60. The number of nitrogens with one attached hydrogen (secondary N) is 1. The molecule has 2 aliphatic heterocycles. The molecule has 2 heterocycles. The van der Waals surface area contributed by atoms with E-state index in [1.165, 1.54) is 5.56 Å². The fourth-order valence-electron chi connectivity index (χ4n) is 2.59. The van der Waals surface area contributed by atoms with Crippen molar-refractivity contribution in [1.29, 1.82) is 0 Å². The van der Waals surface area contributed by atoms with Crippen LogP contribution in [0.15, 0.2) is 24.3 Å². The van der Waals surface area contributed by atoms with Crippen molar-refractivity contribution >= 4 is 23.4 Å². The highest BCUT2D eigenvalue weighted by Crippen LogP contribution is 2.44. The van der Waals surface area contributed by atoms with Gasteiger partial charge in [-0.25, -0.2) is 0 Å². The number of benzene rings is 1. The molecule has 3 nitrogen and oxygen atoms in total. The number of hydrogen-bond acceptors (Lipinski definition) is 3. The number of carbonyl (C=O) groups is 1. The molecular formula is C14H14N2OS. The first-order valence-corrected chi connectivity index (χ1v) is 6.98. The van der Waals surface area contributed by atoms with E-state index in [0.717, 1.165) is 18.5 Å². The van der Waals surface area contributed by atoms with E-state index in [1.807, 2.05) is 12.1 Å². The standard InChI is InChI=1S/C14H14N2OS/c1-2-9-16-13(17)10-18-14(16)8-7-11-5-3-4-6-12(11)15-14/h1,3-6,15H,7-10H2. The Morgan fingerprint density at radius 2 is 2.33 bits per heavy atom. The van der Waals surface area contributed by atoms with E-state index in [-0.39, 0.29) is 10.9 Å². The number of para-hydroxylation sites is 1. The van der Waals surface area contributed by atoms with Crippen molar-refractivity contribution in [3.63, 3.8) is 0 Å². The summed E-state index contributed by atoms with van der Waals surface area (Å²) in [6, 6.07) is 8.25. The summed E-state index contributed by atoms with van der Waals surface area (Å²) in [7, 11) is 0. The zero-order chi connectivity index (χ0) is 12.6. The van der Waals surface area contributed by atoms with Crippen LogP contribution in [-0.2, 0) is 11.2 Å². The van der Waals surface area contributed by atoms with Gasteiger partial charge in [-0.15, -0.1) is 18.2 Å². The minimum atomic E-state index is -0.336. The molecule has 1 saturated heterocycles. The number of anilines is 1. The van der Waals surface area contributed by atoms with E-state index in [2.05, 4.69) is 23.4 Å². The summed E-state index contributed by atoms with van der Waals surface area (Å²) in [5.41, 5.74) is 2.43. The predicted octanol–water partition coefficient (Wildman–Crippen LogP) is 1.91. The first-order chi connectivity index (χ1) is 8.75. The largest absolute Gasteiger partial charge is 0.354 e. The first-order valence-electron chi connectivity index (χ1n) is 5.99. The number of terminal acetylenes is 1. The molecule has 2 aliphatic rings. The molecule has 0 aromatic heterocycles. The lowest BCUT2D eigenvalue weighted by Gasteiger charge is -2.41. The minimum Gasteiger partial charge on any atom is -0.354 e. The second-order valence-corrected chi connectivity index (χ2v) is 5.79. The van der Waals surface area contributed by atoms with Crippen molar-refractivity contribution in [3.8, 4) is 12.3 Å². The van der Waals surface area contributed by atoms with E-state index in [0.29, 0.717) is 12.3 Å². The van der Waals surface area contributed by atoms with E-state index in [4.69, 9.17) is 6.42 Å². The van der Waals surface area contributed by atoms with Crippen LogP contribution in [0, 0.1) is 12.3 Å². The quantitative estimate of drug-likeness (QED) is 0.781. The number of nitrogens with zero attached hydrogens (tertiary/aromatic N) is 1. The van der Waals surface area contributed by atoms with Gasteiger partial charge in [-0.3, -0.25) is 9.69 Å². The van der Waals surface area contributed by atoms with Crippen molar-refractivity contribution in [3.05, 3.63) is 29.8 Å². The Morgan fingerprint density at radius 3 is 3.17 bits per heavy atom. The van der Waals surface area contributed by atoms with Crippen molar-refractivity contribution in [1.82, 2.24) is 4.90 Å². The lowest BCUT2D eigenvalue weighted by Crippen LogP contribution is -2.52. The normalized spacial score (nSPS) is 25.7. The van der Waals surface area contributed by atoms with E-state index in [9.17, 15) is 4.79 Å². The SMILES string of the molecule is C#CCN1C(=O)CSC12CCc1ccccc1N2. The van der Waals surface area contributed by atoms with Gasteiger partial charge in [0.1, 0.15) is 0 Å².